The zero-order valence-corrected chi connectivity index (χ0v) is 9.30. The molecule has 1 rings (SSSR count). The molecule has 0 bridgehead atoms. The third kappa shape index (κ3) is 2.47. The molecule has 2 atom stereocenters. The summed E-state index contributed by atoms with van der Waals surface area (Å²) in [5, 5.41) is 0.977. The summed E-state index contributed by atoms with van der Waals surface area (Å²) in [5.74, 6) is 1.45. The average Bonchev–Trinajstić information content (AvgIpc) is 2.30. The first-order chi connectivity index (χ1) is 5.63. The van der Waals surface area contributed by atoms with Crippen molar-refractivity contribution in [2.75, 3.05) is 18.4 Å². The first-order valence-electron chi connectivity index (χ1n) is 4.47. The van der Waals surface area contributed by atoms with Gasteiger partial charge in [-0.25, -0.2) is 0 Å². The quantitative estimate of drug-likeness (QED) is 0.683. The highest BCUT2D eigenvalue weighted by Gasteiger charge is 2.26. The van der Waals surface area contributed by atoms with Crippen LogP contribution in [0.5, 0.6) is 0 Å². The Labute approximate surface area is 82.4 Å². The molecule has 2 unspecified atom stereocenters. The smallest absolute Gasteiger partial charge is 0.222 e. The highest BCUT2D eigenvalue weighted by molar-refractivity contribution is 9.09. The lowest BCUT2D eigenvalue weighted by molar-refractivity contribution is -0.128. The lowest BCUT2D eigenvalue weighted by atomic mass is 10.2. The molecule has 0 aromatic carbocycles. The summed E-state index contributed by atoms with van der Waals surface area (Å²) in [6, 6.07) is 0. The molecule has 0 aromatic heterocycles. The van der Waals surface area contributed by atoms with E-state index in [2.05, 4.69) is 29.8 Å². The molecule has 70 valence electrons. The fourth-order valence-electron chi connectivity index (χ4n) is 1.57. The molecule has 3 heteroatoms. The summed E-state index contributed by atoms with van der Waals surface area (Å²) in [6.45, 7) is 6.16. The van der Waals surface area contributed by atoms with Crippen LogP contribution in [0.4, 0.5) is 0 Å². The predicted molar refractivity (Wildman–Crippen MR) is 53.3 cm³/mol. The molecule has 0 saturated carbocycles. The second kappa shape index (κ2) is 4.26. The van der Waals surface area contributed by atoms with Crippen molar-refractivity contribution in [1.82, 2.24) is 4.90 Å². The number of alkyl halides is 1. The molecule has 0 aliphatic carbocycles. The molecule has 1 amide bonds. The summed E-state index contributed by atoms with van der Waals surface area (Å²) < 4.78 is 0. The van der Waals surface area contributed by atoms with Crippen LogP contribution >= 0.6 is 15.9 Å². The summed E-state index contributed by atoms with van der Waals surface area (Å²) in [6.07, 6.45) is 0.745. The van der Waals surface area contributed by atoms with Gasteiger partial charge in [-0.3, -0.25) is 4.79 Å². The van der Waals surface area contributed by atoms with E-state index in [1.165, 1.54) is 0 Å². The molecular formula is C9H16BrNO. The van der Waals surface area contributed by atoms with E-state index in [4.69, 9.17) is 0 Å². The molecule has 1 aliphatic rings. The van der Waals surface area contributed by atoms with Crippen molar-refractivity contribution in [2.45, 2.75) is 20.3 Å². The van der Waals surface area contributed by atoms with Gasteiger partial charge in [-0.2, -0.15) is 0 Å². The van der Waals surface area contributed by atoms with Crippen molar-refractivity contribution in [1.29, 1.82) is 0 Å². The van der Waals surface area contributed by atoms with Gasteiger partial charge in [0.15, 0.2) is 0 Å². The first-order valence-corrected chi connectivity index (χ1v) is 5.59. The number of amides is 1. The molecule has 1 aliphatic heterocycles. The van der Waals surface area contributed by atoms with Crippen LogP contribution in [0.25, 0.3) is 0 Å². The van der Waals surface area contributed by atoms with Gasteiger partial charge in [-0.15, -0.1) is 0 Å². The maximum Gasteiger partial charge on any atom is 0.222 e. The van der Waals surface area contributed by atoms with Gasteiger partial charge >= 0.3 is 0 Å². The Morgan fingerprint density at radius 2 is 2.42 bits per heavy atom. The summed E-state index contributed by atoms with van der Waals surface area (Å²) in [5.41, 5.74) is 0. The van der Waals surface area contributed by atoms with Crippen molar-refractivity contribution < 1.29 is 4.79 Å². The monoisotopic (exact) mass is 233 g/mol. The normalized spacial score (nSPS) is 26.4. The number of likely N-dealkylation sites (tertiary alicyclic amines) is 1. The topological polar surface area (TPSA) is 20.3 Å². The van der Waals surface area contributed by atoms with Gasteiger partial charge in [0, 0.05) is 24.8 Å². The van der Waals surface area contributed by atoms with E-state index >= 15 is 0 Å². The van der Waals surface area contributed by atoms with Crippen LogP contribution in [-0.4, -0.2) is 29.2 Å². The van der Waals surface area contributed by atoms with Crippen molar-refractivity contribution in [3.63, 3.8) is 0 Å². The Kier molecular flexibility index (Phi) is 3.56. The Balaban J connectivity index is 2.37. The first kappa shape index (κ1) is 10.0. The molecule has 1 fully saturated rings. The Hall–Kier alpha value is -0.0500. The van der Waals surface area contributed by atoms with Crippen LogP contribution in [-0.2, 0) is 4.79 Å². The number of hydrogen-bond donors (Lipinski definition) is 0. The lowest BCUT2D eigenvalue weighted by Gasteiger charge is -2.19. The van der Waals surface area contributed by atoms with Crippen LogP contribution in [0.15, 0.2) is 0 Å². The van der Waals surface area contributed by atoms with Crippen LogP contribution in [0.1, 0.15) is 20.3 Å². The summed E-state index contributed by atoms with van der Waals surface area (Å²) >= 11 is 3.42. The highest BCUT2D eigenvalue weighted by Crippen LogP contribution is 2.18. The van der Waals surface area contributed by atoms with Gasteiger partial charge in [0.1, 0.15) is 0 Å². The number of carbonyl (C=O) groups excluding carboxylic acids is 1. The SMILES string of the molecule is CC(CBr)CN1CC(C)CC1=O. The second-order valence-corrected chi connectivity index (χ2v) is 4.51. The molecule has 1 saturated heterocycles. The number of carbonyl (C=O) groups is 1. The maximum absolute atomic E-state index is 11.3. The maximum atomic E-state index is 11.3. The van der Waals surface area contributed by atoms with Gasteiger partial charge in [0.25, 0.3) is 0 Å². The minimum absolute atomic E-state index is 0.329. The zero-order valence-electron chi connectivity index (χ0n) is 7.72. The van der Waals surface area contributed by atoms with E-state index in [0.29, 0.717) is 17.7 Å². The minimum Gasteiger partial charge on any atom is -0.342 e. The average molecular weight is 234 g/mol. The third-order valence-corrected chi connectivity index (χ3v) is 3.31. The summed E-state index contributed by atoms with van der Waals surface area (Å²) in [7, 11) is 0. The molecule has 0 spiro atoms. The van der Waals surface area contributed by atoms with Crippen molar-refractivity contribution in [2.24, 2.45) is 11.8 Å². The molecule has 2 nitrogen and oxygen atoms in total. The van der Waals surface area contributed by atoms with E-state index in [1.54, 1.807) is 0 Å². The van der Waals surface area contributed by atoms with Crippen molar-refractivity contribution in [3.8, 4) is 0 Å². The third-order valence-electron chi connectivity index (χ3n) is 2.20. The molecule has 0 N–H and O–H groups in total. The van der Waals surface area contributed by atoms with Gasteiger partial charge in [-0.1, -0.05) is 29.8 Å². The van der Waals surface area contributed by atoms with Crippen LogP contribution in [0.2, 0.25) is 0 Å². The van der Waals surface area contributed by atoms with Crippen molar-refractivity contribution >= 4 is 21.8 Å². The highest BCUT2D eigenvalue weighted by atomic mass is 79.9. The van der Waals surface area contributed by atoms with E-state index < -0.39 is 0 Å². The fourth-order valence-corrected chi connectivity index (χ4v) is 1.78. The van der Waals surface area contributed by atoms with E-state index in [0.717, 1.165) is 24.8 Å². The molecule has 0 radical (unpaired) electrons. The minimum atomic E-state index is 0.329. The summed E-state index contributed by atoms with van der Waals surface area (Å²) in [4.78, 5) is 13.3. The van der Waals surface area contributed by atoms with Crippen LogP contribution < -0.4 is 0 Å². The molecule has 0 aromatic rings. The van der Waals surface area contributed by atoms with Gasteiger partial charge in [0.2, 0.25) is 5.91 Å². The number of halogens is 1. The van der Waals surface area contributed by atoms with Crippen LogP contribution in [0.3, 0.4) is 0 Å². The van der Waals surface area contributed by atoms with Gasteiger partial charge in [-0.05, 0) is 11.8 Å². The number of rotatable bonds is 3. The number of hydrogen-bond acceptors (Lipinski definition) is 1. The van der Waals surface area contributed by atoms with E-state index in [9.17, 15) is 4.79 Å². The van der Waals surface area contributed by atoms with Crippen LogP contribution in [0, 0.1) is 11.8 Å². The largest absolute Gasteiger partial charge is 0.342 e. The Bertz CT molecular complexity index is 172. The molecule has 1 heterocycles. The number of nitrogens with zero attached hydrogens (tertiary/aromatic N) is 1. The van der Waals surface area contributed by atoms with Gasteiger partial charge in [0.05, 0.1) is 0 Å². The molecule has 12 heavy (non-hydrogen) atoms. The Morgan fingerprint density at radius 3 is 2.83 bits per heavy atom. The Morgan fingerprint density at radius 1 is 1.75 bits per heavy atom. The van der Waals surface area contributed by atoms with E-state index in [1.807, 2.05) is 4.90 Å². The van der Waals surface area contributed by atoms with Crippen molar-refractivity contribution in [3.05, 3.63) is 0 Å². The second-order valence-electron chi connectivity index (χ2n) is 3.87. The zero-order chi connectivity index (χ0) is 9.14. The van der Waals surface area contributed by atoms with Gasteiger partial charge < -0.3 is 4.90 Å². The standard InChI is InChI=1S/C9H16BrNO/c1-7-3-9(12)11(5-7)6-8(2)4-10/h7-8H,3-6H2,1-2H3. The fraction of sp³-hybridized carbons (Fsp3) is 0.889. The molecular weight excluding hydrogens is 218 g/mol. The van der Waals surface area contributed by atoms with E-state index in [-0.39, 0.29) is 0 Å². The lowest BCUT2D eigenvalue weighted by Crippen LogP contribution is -2.30. The predicted octanol–water partition coefficient (Wildman–Crippen LogP) is 1.89.